The van der Waals surface area contributed by atoms with E-state index in [2.05, 4.69) is 31.2 Å². The highest BCUT2D eigenvalue weighted by molar-refractivity contribution is 7.15. The van der Waals surface area contributed by atoms with Gasteiger partial charge in [0.1, 0.15) is 5.75 Å². The topological polar surface area (TPSA) is 18.5 Å². The molecule has 0 aliphatic rings. The molecule has 2 rings (SSSR count). The third-order valence-electron chi connectivity index (χ3n) is 2.89. The highest BCUT2D eigenvalue weighted by atomic mass is 32.1. The highest BCUT2D eigenvalue weighted by Crippen LogP contribution is 2.32. The molecule has 0 aliphatic heterocycles. The van der Waals surface area contributed by atoms with Crippen molar-refractivity contribution in [2.24, 2.45) is 0 Å². The molecule has 1 aromatic heterocycles. The molecule has 1 heterocycles. The van der Waals surface area contributed by atoms with Gasteiger partial charge in [0.05, 0.1) is 13.7 Å². The first-order valence-electron chi connectivity index (χ1n) is 6.15. The lowest BCUT2D eigenvalue weighted by Gasteiger charge is -2.00. The molecule has 0 aliphatic carbocycles. The summed E-state index contributed by atoms with van der Waals surface area (Å²) in [5.74, 6) is 0.886. The van der Waals surface area contributed by atoms with E-state index in [1.54, 1.807) is 25.6 Å². The first-order valence-corrected chi connectivity index (χ1v) is 6.96. The van der Waals surface area contributed by atoms with Crippen LogP contribution in [0.15, 0.2) is 36.4 Å². The van der Waals surface area contributed by atoms with Gasteiger partial charge in [0.15, 0.2) is 0 Å². The fourth-order valence-electron chi connectivity index (χ4n) is 1.83. The molecule has 0 amide bonds. The number of ether oxygens (including phenoxy) is 2. The van der Waals surface area contributed by atoms with Crippen molar-refractivity contribution < 1.29 is 9.47 Å². The van der Waals surface area contributed by atoms with Gasteiger partial charge in [0.2, 0.25) is 0 Å². The van der Waals surface area contributed by atoms with Crippen molar-refractivity contribution in [3.05, 3.63) is 46.8 Å². The zero-order valence-corrected chi connectivity index (χ0v) is 12.3. The second-order valence-electron chi connectivity index (χ2n) is 4.21. The predicted octanol–water partition coefficient (Wildman–Crippen LogP) is 4.39. The monoisotopic (exact) mass is 274 g/mol. The van der Waals surface area contributed by atoms with E-state index in [0.29, 0.717) is 6.61 Å². The van der Waals surface area contributed by atoms with Crippen LogP contribution >= 0.6 is 11.3 Å². The van der Waals surface area contributed by atoms with Crippen molar-refractivity contribution in [3.63, 3.8) is 0 Å². The van der Waals surface area contributed by atoms with Gasteiger partial charge < -0.3 is 9.47 Å². The maximum Gasteiger partial charge on any atom is 0.118 e. The van der Waals surface area contributed by atoms with Crippen LogP contribution in [0.25, 0.3) is 16.5 Å². The number of methoxy groups -OCH3 is 2. The molecule has 1 aromatic carbocycles. The zero-order chi connectivity index (χ0) is 13.7. The highest BCUT2D eigenvalue weighted by Gasteiger charge is 2.05. The van der Waals surface area contributed by atoms with Crippen LogP contribution < -0.4 is 4.74 Å². The summed E-state index contributed by atoms with van der Waals surface area (Å²) in [5.41, 5.74) is 2.48. The van der Waals surface area contributed by atoms with Crippen LogP contribution in [-0.4, -0.2) is 20.8 Å². The quantitative estimate of drug-likeness (QED) is 0.805. The Morgan fingerprint density at radius 2 is 1.89 bits per heavy atom. The minimum atomic E-state index is 0.646. The lowest BCUT2D eigenvalue weighted by Crippen LogP contribution is -1.81. The van der Waals surface area contributed by atoms with Gasteiger partial charge in [0.25, 0.3) is 0 Å². The molecule has 0 saturated heterocycles. The molecule has 0 atom stereocenters. The average Bonchev–Trinajstić information content (AvgIpc) is 2.81. The Balaban J connectivity index is 2.23. The van der Waals surface area contributed by atoms with Gasteiger partial charge >= 0.3 is 0 Å². The molecule has 0 N–H and O–H groups in total. The van der Waals surface area contributed by atoms with Gasteiger partial charge in [-0.05, 0) is 48.4 Å². The van der Waals surface area contributed by atoms with Crippen LogP contribution in [0, 0.1) is 6.92 Å². The summed E-state index contributed by atoms with van der Waals surface area (Å²) < 4.78 is 10.2. The van der Waals surface area contributed by atoms with Crippen molar-refractivity contribution in [3.8, 4) is 16.2 Å². The summed E-state index contributed by atoms with van der Waals surface area (Å²) in [6.07, 6.45) is 4.15. The maximum absolute atomic E-state index is 5.18. The van der Waals surface area contributed by atoms with Gasteiger partial charge in [-0.3, -0.25) is 0 Å². The molecule has 3 heteroatoms. The smallest absolute Gasteiger partial charge is 0.118 e. The Morgan fingerprint density at radius 3 is 2.53 bits per heavy atom. The Hall–Kier alpha value is -1.58. The third-order valence-corrected chi connectivity index (χ3v) is 4.01. The van der Waals surface area contributed by atoms with Crippen molar-refractivity contribution >= 4 is 17.4 Å². The molecule has 0 radical (unpaired) electrons. The summed E-state index contributed by atoms with van der Waals surface area (Å²) in [4.78, 5) is 2.59. The largest absolute Gasteiger partial charge is 0.497 e. The minimum absolute atomic E-state index is 0.646. The normalized spacial score (nSPS) is 11.1. The molecule has 100 valence electrons. The van der Waals surface area contributed by atoms with Crippen LogP contribution in [0.4, 0.5) is 0 Å². The summed E-state index contributed by atoms with van der Waals surface area (Å²) in [6.45, 7) is 2.79. The van der Waals surface area contributed by atoms with Crippen LogP contribution in [0.5, 0.6) is 5.75 Å². The molecular weight excluding hydrogens is 256 g/mol. The Bertz CT molecular complexity index is 553. The van der Waals surface area contributed by atoms with Crippen molar-refractivity contribution in [1.82, 2.24) is 0 Å². The van der Waals surface area contributed by atoms with Crippen molar-refractivity contribution in [2.45, 2.75) is 6.92 Å². The molecule has 0 unspecified atom stereocenters. The zero-order valence-electron chi connectivity index (χ0n) is 11.5. The number of hydrogen-bond donors (Lipinski definition) is 0. The second-order valence-corrected chi connectivity index (χ2v) is 5.46. The van der Waals surface area contributed by atoms with Gasteiger partial charge in [-0.25, -0.2) is 0 Å². The fourth-order valence-corrected chi connectivity index (χ4v) is 2.85. The van der Waals surface area contributed by atoms with E-state index in [1.807, 2.05) is 18.2 Å². The van der Waals surface area contributed by atoms with Gasteiger partial charge in [0, 0.05) is 16.9 Å². The Kier molecular flexibility index (Phi) is 4.77. The summed E-state index contributed by atoms with van der Waals surface area (Å²) in [7, 11) is 3.39. The van der Waals surface area contributed by atoms with Crippen LogP contribution in [0.3, 0.4) is 0 Å². The number of rotatable bonds is 5. The van der Waals surface area contributed by atoms with Gasteiger partial charge in [-0.1, -0.05) is 12.2 Å². The molecule has 0 saturated carbocycles. The summed E-state index contributed by atoms with van der Waals surface area (Å²) in [5, 5.41) is 0. The Labute approximate surface area is 118 Å². The lowest BCUT2D eigenvalue weighted by molar-refractivity contribution is 0.234. The first kappa shape index (κ1) is 13.8. The van der Waals surface area contributed by atoms with E-state index in [4.69, 9.17) is 9.47 Å². The molecule has 19 heavy (non-hydrogen) atoms. The van der Waals surface area contributed by atoms with E-state index in [1.165, 1.54) is 20.9 Å². The minimum Gasteiger partial charge on any atom is -0.497 e. The Morgan fingerprint density at radius 1 is 1.16 bits per heavy atom. The molecular formula is C16H18O2S. The lowest BCUT2D eigenvalue weighted by atomic mass is 10.1. The van der Waals surface area contributed by atoms with Crippen LogP contribution in [-0.2, 0) is 4.74 Å². The van der Waals surface area contributed by atoms with Crippen LogP contribution in [0.2, 0.25) is 0 Å². The fraction of sp³-hybridized carbons (Fsp3) is 0.250. The van der Waals surface area contributed by atoms with E-state index in [0.717, 1.165) is 5.75 Å². The number of aryl methyl sites for hydroxylation is 1. The molecule has 0 fully saturated rings. The first-order chi connectivity index (χ1) is 9.24. The number of hydrogen-bond acceptors (Lipinski definition) is 3. The van der Waals surface area contributed by atoms with Crippen LogP contribution in [0.1, 0.15) is 10.4 Å². The second kappa shape index (κ2) is 6.55. The van der Waals surface area contributed by atoms with E-state index in [-0.39, 0.29) is 0 Å². The van der Waals surface area contributed by atoms with E-state index in [9.17, 15) is 0 Å². The average molecular weight is 274 g/mol. The SMILES string of the molecule is COC/C=C\c1cc(-c2ccc(OC)cc2)sc1C. The standard InChI is InChI=1S/C16H18O2S/c1-12-14(5-4-10-17-2)11-16(19-12)13-6-8-15(18-3)9-7-13/h4-9,11H,10H2,1-3H3/b5-4-. The number of benzene rings is 1. The van der Waals surface area contributed by atoms with E-state index < -0.39 is 0 Å². The maximum atomic E-state index is 5.18. The van der Waals surface area contributed by atoms with Gasteiger partial charge in [-0.2, -0.15) is 0 Å². The van der Waals surface area contributed by atoms with Crippen molar-refractivity contribution in [1.29, 1.82) is 0 Å². The molecule has 2 aromatic rings. The molecule has 2 nitrogen and oxygen atoms in total. The summed E-state index contributed by atoms with van der Waals surface area (Å²) in [6, 6.07) is 10.4. The van der Waals surface area contributed by atoms with E-state index >= 15 is 0 Å². The predicted molar refractivity (Wildman–Crippen MR) is 82.0 cm³/mol. The van der Waals surface area contributed by atoms with Crippen molar-refractivity contribution in [2.75, 3.05) is 20.8 Å². The third kappa shape index (κ3) is 3.46. The number of thiophene rings is 1. The van der Waals surface area contributed by atoms with Gasteiger partial charge in [-0.15, -0.1) is 11.3 Å². The molecule has 0 spiro atoms. The summed E-state index contributed by atoms with van der Waals surface area (Å²) >= 11 is 1.81. The molecule has 0 bridgehead atoms.